The Morgan fingerprint density at radius 2 is 1.94 bits per heavy atom. The van der Waals surface area contributed by atoms with Crippen molar-refractivity contribution in [2.75, 3.05) is 0 Å². The average Bonchev–Trinajstić information content (AvgIpc) is 2.32. The van der Waals surface area contributed by atoms with E-state index in [0.717, 1.165) is 24.8 Å². The van der Waals surface area contributed by atoms with Gasteiger partial charge in [-0.3, -0.25) is 4.79 Å². The summed E-state index contributed by atoms with van der Waals surface area (Å²) >= 11 is 0. The van der Waals surface area contributed by atoms with Gasteiger partial charge in [0.25, 0.3) is 5.91 Å². The molecule has 0 atom stereocenters. The number of aryl methyl sites for hydroxylation is 1. The first-order valence-electron chi connectivity index (χ1n) is 6.61. The predicted octanol–water partition coefficient (Wildman–Crippen LogP) is 2.98. The standard InChI is InChI=1S/C15H19NO/c1-11-6-5-7-12-13(11)10-15(16-14(12)17)8-3-2-4-9-15/h5-7H,2-4,8-10H2,1H3,(H,16,17). The van der Waals surface area contributed by atoms with Gasteiger partial charge in [0.15, 0.2) is 0 Å². The lowest BCUT2D eigenvalue weighted by molar-refractivity contribution is 0.0844. The van der Waals surface area contributed by atoms with E-state index in [2.05, 4.69) is 18.3 Å². The smallest absolute Gasteiger partial charge is 0.252 e. The second kappa shape index (κ2) is 3.86. The highest BCUT2D eigenvalue weighted by atomic mass is 16.1. The molecule has 1 N–H and O–H groups in total. The minimum absolute atomic E-state index is 0.0639. The van der Waals surface area contributed by atoms with E-state index >= 15 is 0 Å². The first-order chi connectivity index (χ1) is 8.20. The lowest BCUT2D eigenvalue weighted by Gasteiger charge is -2.42. The van der Waals surface area contributed by atoms with Gasteiger partial charge in [-0.05, 0) is 43.4 Å². The highest BCUT2D eigenvalue weighted by Gasteiger charge is 2.38. The fourth-order valence-electron chi connectivity index (χ4n) is 3.37. The van der Waals surface area contributed by atoms with Crippen molar-refractivity contribution in [3.8, 4) is 0 Å². The van der Waals surface area contributed by atoms with Crippen molar-refractivity contribution in [3.63, 3.8) is 0 Å². The fourth-order valence-corrected chi connectivity index (χ4v) is 3.37. The van der Waals surface area contributed by atoms with E-state index in [1.165, 1.54) is 30.4 Å². The van der Waals surface area contributed by atoms with Gasteiger partial charge in [0, 0.05) is 11.1 Å². The molecule has 1 aliphatic heterocycles. The minimum atomic E-state index is 0.0639. The van der Waals surface area contributed by atoms with Crippen LogP contribution < -0.4 is 5.32 Å². The zero-order valence-electron chi connectivity index (χ0n) is 10.4. The Labute approximate surface area is 102 Å². The van der Waals surface area contributed by atoms with Crippen molar-refractivity contribution in [2.45, 2.75) is 51.0 Å². The predicted molar refractivity (Wildman–Crippen MR) is 68.2 cm³/mol. The number of carbonyl (C=O) groups excluding carboxylic acids is 1. The second-order valence-electron chi connectivity index (χ2n) is 5.57. The molecule has 1 saturated carbocycles. The van der Waals surface area contributed by atoms with Gasteiger partial charge in [-0.25, -0.2) is 0 Å². The van der Waals surface area contributed by atoms with Crippen molar-refractivity contribution >= 4 is 5.91 Å². The van der Waals surface area contributed by atoms with E-state index in [1.807, 2.05) is 12.1 Å². The van der Waals surface area contributed by atoms with E-state index in [4.69, 9.17) is 0 Å². The molecule has 1 spiro atoms. The summed E-state index contributed by atoms with van der Waals surface area (Å²) in [7, 11) is 0. The molecule has 0 saturated heterocycles. The van der Waals surface area contributed by atoms with Crippen LogP contribution in [0.4, 0.5) is 0 Å². The Morgan fingerprint density at radius 1 is 1.18 bits per heavy atom. The van der Waals surface area contributed by atoms with Crippen LogP contribution >= 0.6 is 0 Å². The fraction of sp³-hybridized carbons (Fsp3) is 0.533. The normalized spacial score (nSPS) is 22.1. The summed E-state index contributed by atoms with van der Waals surface area (Å²) in [4.78, 5) is 12.2. The quantitative estimate of drug-likeness (QED) is 0.728. The number of benzene rings is 1. The molecule has 2 heteroatoms. The summed E-state index contributed by atoms with van der Waals surface area (Å²) in [5.74, 6) is 0.136. The Morgan fingerprint density at radius 3 is 2.71 bits per heavy atom. The van der Waals surface area contributed by atoms with Crippen LogP contribution in [0.2, 0.25) is 0 Å². The average molecular weight is 229 g/mol. The Kier molecular flexibility index (Phi) is 2.46. The molecule has 1 aromatic rings. The van der Waals surface area contributed by atoms with Gasteiger partial charge in [0.1, 0.15) is 0 Å². The summed E-state index contributed by atoms with van der Waals surface area (Å²) < 4.78 is 0. The maximum atomic E-state index is 12.2. The highest BCUT2D eigenvalue weighted by molar-refractivity contribution is 5.97. The lowest BCUT2D eigenvalue weighted by Crippen LogP contribution is -2.54. The number of carbonyl (C=O) groups is 1. The molecule has 2 nitrogen and oxygen atoms in total. The molecule has 1 heterocycles. The molecular weight excluding hydrogens is 210 g/mol. The second-order valence-corrected chi connectivity index (χ2v) is 5.57. The molecular formula is C15H19NO. The molecule has 0 unspecified atom stereocenters. The zero-order chi connectivity index (χ0) is 11.9. The zero-order valence-corrected chi connectivity index (χ0v) is 10.4. The Balaban J connectivity index is 2.02. The highest BCUT2D eigenvalue weighted by Crippen LogP contribution is 2.36. The van der Waals surface area contributed by atoms with E-state index < -0.39 is 0 Å². The minimum Gasteiger partial charge on any atom is -0.346 e. The number of amides is 1. The summed E-state index contributed by atoms with van der Waals surface area (Å²) in [5, 5.41) is 3.28. The third kappa shape index (κ3) is 1.76. The van der Waals surface area contributed by atoms with Gasteiger partial charge in [-0.15, -0.1) is 0 Å². The number of hydrogen-bond acceptors (Lipinski definition) is 1. The maximum Gasteiger partial charge on any atom is 0.252 e. The van der Waals surface area contributed by atoms with Crippen LogP contribution in [0.15, 0.2) is 18.2 Å². The first-order valence-corrected chi connectivity index (χ1v) is 6.61. The number of nitrogens with one attached hydrogen (secondary N) is 1. The molecule has 1 aromatic carbocycles. The summed E-state index contributed by atoms with van der Waals surface area (Å²) in [6, 6.07) is 6.05. The monoisotopic (exact) mass is 229 g/mol. The number of rotatable bonds is 0. The van der Waals surface area contributed by atoms with Gasteiger partial charge in [0.05, 0.1) is 0 Å². The van der Waals surface area contributed by atoms with Crippen LogP contribution in [-0.2, 0) is 6.42 Å². The van der Waals surface area contributed by atoms with Gasteiger partial charge >= 0.3 is 0 Å². The maximum absolute atomic E-state index is 12.2. The molecule has 1 amide bonds. The Bertz CT molecular complexity index is 458. The Hall–Kier alpha value is -1.31. The third-order valence-corrected chi connectivity index (χ3v) is 4.36. The molecule has 3 rings (SSSR count). The molecule has 1 fully saturated rings. The molecule has 2 aliphatic rings. The van der Waals surface area contributed by atoms with Crippen molar-refractivity contribution in [3.05, 3.63) is 34.9 Å². The van der Waals surface area contributed by atoms with Crippen LogP contribution in [-0.4, -0.2) is 11.4 Å². The van der Waals surface area contributed by atoms with Crippen molar-refractivity contribution in [1.29, 1.82) is 0 Å². The molecule has 90 valence electrons. The van der Waals surface area contributed by atoms with Crippen LogP contribution in [0, 0.1) is 6.92 Å². The third-order valence-electron chi connectivity index (χ3n) is 4.36. The van der Waals surface area contributed by atoms with E-state index in [-0.39, 0.29) is 11.4 Å². The van der Waals surface area contributed by atoms with Crippen molar-refractivity contribution in [1.82, 2.24) is 5.32 Å². The van der Waals surface area contributed by atoms with Crippen LogP contribution in [0.25, 0.3) is 0 Å². The van der Waals surface area contributed by atoms with E-state index in [9.17, 15) is 4.79 Å². The molecule has 1 aliphatic carbocycles. The lowest BCUT2D eigenvalue weighted by atomic mass is 9.73. The topological polar surface area (TPSA) is 29.1 Å². The van der Waals surface area contributed by atoms with Gasteiger partial charge < -0.3 is 5.32 Å². The molecule has 0 radical (unpaired) electrons. The molecule has 0 bridgehead atoms. The largest absolute Gasteiger partial charge is 0.346 e. The first kappa shape index (κ1) is 10.8. The van der Waals surface area contributed by atoms with Crippen LogP contribution in [0.1, 0.15) is 53.6 Å². The van der Waals surface area contributed by atoms with Gasteiger partial charge in [-0.2, -0.15) is 0 Å². The number of hydrogen-bond donors (Lipinski definition) is 1. The van der Waals surface area contributed by atoms with Crippen LogP contribution in [0.3, 0.4) is 0 Å². The number of fused-ring (bicyclic) bond motifs is 1. The summed E-state index contributed by atoms with van der Waals surface area (Å²) in [6.07, 6.45) is 7.14. The molecule has 17 heavy (non-hydrogen) atoms. The van der Waals surface area contributed by atoms with Crippen molar-refractivity contribution < 1.29 is 4.79 Å². The van der Waals surface area contributed by atoms with Crippen LogP contribution in [0.5, 0.6) is 0 Å². The van der Waals surface area contributed by atoms with Crippen molar-refractivity contribution in [2.24, 2.45) is 0 Å². The van der Waals surface area contributed by atoms with Gasteiger partial charge in [-0.1, -0.05) is 31.4 Å². The summed E-state index contributed by atoms with van der Waals surface area (Å²) in [6.45, 7) is 2.12. The molecule has 0 aromatic heterocycles. The summed E-state index contributed by atoms with van der Waals surface area (Å²) in [5.41, 5.74) is 3.50. The van der Waals surface area contributed by atoms with Gasteiger partial charge in [0.2, 0.25) is 0 Å². The SMILES string of the molecule is Cc1cccc2c1CC1(CCCCC1)NC2=O. The van der Waals surface area contributed by atoms with E-state index in [0.29, 0.717) is 0 Å². The van der Waals surface area contributed by atoms with E-state index in [1.54, 1.807) is 0 Å².